The molecular formula is C25H28F2N6O2. The zero-order chi connectivity index (χ0) is 24.8. The number of nitrogens with one attached hydrogen (secondary N) is 2. The Morgan fingerprint density at radius 2 is 1.77 bits per heavy atom. The van der Waals surface area contributed by atoms with Gasteiger partial charge in [0.15, 0.2) is 0 Å². The lowest BCUT2D eigenvalue weighted by Crippen LogP contribution is -2.32. The van der Waals surface area contributed by atoms with Crippen LogP contribution in [0.5, 0.6) is 11.5 Å². The van der Waals surface area contributed by atoms with Gasteiger partial charge in [0.1, 0.15) is 11.5 Å². The number of hydrogen-bond donors (Lipinski definition) is 2. The van der Waals surface area contributed by atoms with Crippen LogP contribution in [0.4, 0.5) is 20.2 Å². The highest BCUT2D eigenvalue weighted by atomic mass is 19.3. The second-order valence-electron chi connectivity index (χ2n) is 8.24. The van der Waals surface area contributed by atoms with Crippen molar-refractivity contribution >= 4 is 22.4 Å². The quantitative estimate of drug-likeness (QED) is 0.297. The van der Waals surface area contributed by atoms with Gasteiger partial charge in [-0.25, -0.2) is 13.8 Å². The number of alkyl halides is 2. The van der Waals surface area contributed by atoms with E-state index in [-0.39, 0.29) is 6.54 Å². The molecular weight excluding hydrogens is 454 g/mol. The normalized spacial score (nSPS) is 11.6. The summed E-state index contributed by atoms with van der Waals surface area (Å²) in [5.74, 6) is -1.45. The number of nitrogens with zero attached hydrogens (tertiary/aromatic N) is 4. The molecule has 0 spiro atoms. The maximum Gasteiger partial charge on any atom is 0.257 e. The van der Waals surface area contributed by atoms with Crippen molar-refractivity contribution in [1.82, 2.24) is 25.5 Å². The van der Waals surface area contributed by atoms with Crippen molar-refractivity contribution in [3.8, 4) is 22.8 Å². The Labute approximate surface area is 202 Å². The highest BCUT2D eigenvalue weighted by Crippen LogP contribution is 2.34. The summed E-state index contributed by atoms with van der Waals surface area (Å²) in [4.78, 5) is 11.4. The van der Waals surface area contributed by atoms with Gasteiger partial charge in [0.05, 0.1) is 49.9 Å². The largest absolute Gasteiger partial charge is 0.497 e. The maximum atomic E-state index is 13.2. The molecule has 4 rings (SSSR count). The minimum atomic E-state index is -2.75. The molecule has 2 aromatic carbocycles. The lowest BCUT2D eigenvalue weighted by molar-refractivity contribution is 0.0229. The van der Waals surface area contributed by atoms with Crippen molar-refractivity contribution in [3.05, 3.63) is 55.0 Å². The van der Waals surface area contributed by atoms with Crippen molar-refractivity contribution in [1.29, 1.82) is 0 Å². The van der Waals surface area contributed by atoms with Gasteiger partial charge in [0.2, 0.25) is 0 Å². The lowest BCUT2D eigenvalue weighted by atomic mass is 10.1. The van der Waals surface area contributed by atoms with E-state index in [9.17, 15) is 8.78 Å². The number of benzene rings is 2. The van der Waals surface area contributed by atoms with Gasteiger partial charge in [0, 0.05) is 54.8 Å². The van der Waals surface area contributed by atoms with E-state index in [1.807, 2.05) is 30.3 Å². The van der Waals surface area contributed by atoms with Crippen molar-refractivity contribution in [2.75, 3.05) is 38.8 Å². The number of aromatic nitrogens is 4. The number of hydrogen-bond acceptors (Lipinski definition) is 7. The number of H-pyrrole nitrogens is 1. The van der Waals surface area contributed by atoms with E-state index >= 15 is 0 Å². The van der Waals surface area contributed by atoms with Crippen LogP contribution in [0.15, 0.2) is 55.0 Å². The molecule has 2 heterocycles. The Hall–Kier alpha value is -3.79. The van der Waals surface area contributed by atoms with Crippen molar-refractivity contribution < 1.29 is 18.3 Å². The maximum absolute atomic E-state index is 13.2. The molecule has 0 aliphatic carbocycles. The van der Waals surface area contributed by atoms with Crippen LogP contribution in [0, 0.1) is 0 Å². The smallest absolute Gasteiger partial charge is 0.257 e. The fraction of sp³-hybridized carbons (Fsp3) is 0.320. The van der Waals surface area contributed by atoms with Crippen LogP contribution >= 0.6 is 0 Å². The minimum absolute atomic E-state index is 0.359. The lowest BCUT2D eigenvalue weighted by Gasteiger charge is -2.26. The van der Waals surface area contributed by atoms with E-state index in [0.717, 1.165) is 34.9 Å². The third-order valence-corrected chi connectivity index (χ3v) is 5.45. The topological polar surface area (TPSA) is 88.2 Å². The first kappa shape index (κ1) is 24.3. The number of rotatable bonds is 11. The predicted octanol–water partition coefficient (Wildman–Crippen LogP) is 4.81. The third-order valence-electron chi connectivity index (χ3n) is 5.45. The number of fused-ring (bicyclic) bond motifs is 1. The van der Waals surface area contributed by atoms with E-state index in [1.165, 1.54) is 0 Å². The number of halogens is 2. The Morgan fingerprint density at radius 3 is 2.43 bits per heavy atom. The van der Waals surface area contributed by atoms with Crippen LogP contribution in [0.1, 0.15) is 13.3 Å². The summed E-state index contributed by atoms with van der Waals surface area (Å²) in [6, 6.07) is 11.5. The first-order valence-corrected chi connectivity index (χ1v) is 11.2. The first-order chi connectivity index (χ1) is 16.9. The molecule has 10 heteroatoms. The third kappa shape index (κ3) is 6.21. The summed E-state index contributed by atoms with van der Waals surface area (Å²) in [5.41, 5.74) is 4.77. The first-order valence-electron chi connectivity index (χ1n) is 11.2. The molecule has 8 nitrogen and oxygen atoms in total. The standard InChI is InChI=1S/C25H28F2N6O2/c1-25(26,27)16-28-7-4-8-33(19-9-20(34-2)12-21(10-19)35-3)18-5-6-22-23(11-18)32-24(15-29-22)17-13-30-31-14-17/h5-6,9-15,28H,4,7-8,16H2,1-3H3,(H,30,31). The second-order valence-corrected chi connectivity index (χ2v) is 8.24. The fourth-order valence-electron chi connectivity index (χ4n) is 3.72. The molecule has 0 saturated carbocycles. The molecule has 0 aliphatic heterocycles. The highest BCUT2D eigenvalue weighted by Gasteiger charge is 2.20. The molecule has 2 N–H and O–H groups in total. The number of ether oxygens (including phenoxy) is 2. The van der Waals surface area contributed by atoms with E-state index < -0.39 is 5.92 Å². The molecule has 0 bridgehead atoms. The summed E-state index contributed by atoms with van der Waals surface area (Å²) >= 11 is 0. The number of aromatic amines is 1. The van der Waals surface area contributed by atoms with Crippen LogP contribution in [0.2, 0.25) is 0 Å². The SMILES string of the molecule is COc1cc(OC)cc(N(CCCNCC(C)(F)F)c2ccc3ncc(-c4cn[nH]c4)nc3c2)c1. The van der Waals surface area contributed by atoms with Gasteiger partial charge in [-0.1, -0.05) is 0 Å². The highest BCUT2D eigenvalue weighted by molar-refractivity contribution is 5.82. The summed E-state index contributed by atoms with van der Waals surface area (Å²) in [7, 11) is 3.20. The van der Waals surface area contributed by atoms with Crippen LogP contribution in [0.25, 0.3) is 22.3 Å². The van der Waals surface area contributed by atoms with Crippen LogP contribution in [-0.4, -0.2) is 59.9 Å². The van der Waals surface area contributed by atoms with E-state index in [2.05, 4.69) is 25.4 Å². The van der Waals surface area contributed by atoms with Crippen LogP contribution in [-0.2, 0) is 0 Å². The molecule has 0 radical (unpaired) electrons. The minimum Gasteiger partial charge on any atom is -0.497 e. The molecule has 184 valence electrons. The van der Waals surface area contributed by atoms with E-state index in [1.54, 1.807) is 38.9 Å². The van der Waals surface area contributed by atoms with Gasteiger partial charge < -0.3 is 19.7 Å². The molecule has 0 amide bonds. The molecule has 0 aliphatic rings. The van der Waals surface area contributed by atoms with Crippen LogP contribution in [0.3, 0.4) is 0 Å². The zero-order valence-corrected chi connectivity index (χ0v) is 19.9. The number of methoxy groups -OCH3 is 2. The van der Waals surface area contributed by atoms with Gasteiger partial charge in [-0.15, -0.1) is 0 Å². The molecule has 0 saturated heterocycles. The summed E-state index contributed by atoms with van der Waals surface area (Å²) < 4.78 is 37.3. The Kier molecular flexibility index (Phi) is 7.40. The van der Waals surface area contributed by atoms with Crippen molar-refractivity contribution in [2.24, 2.45) is 0 Å². The van der Waals surface area contributed by atoms with Gasteiger partial charge in [-0.05, 0) is 31.2 Å². The average molecular weight is 483 g/mol. The van der Waals surface area contributed by atoms with Gasteiger partial charge >= 0.3 is 0 Å². The summed E-state index contributed by atoms with van der Waals surface area (Å²) in [6.45, 7) is 1.56. The van der Waals surface area contributed by atoms with Gasteiger partial charge in [0.25, 0.3) is 5.92 Å². The Morgan fingerprint density at radius 1 is 1.00 bits per heavy atom. The van der Waals surface area contributed by atoms with Crippen molar-refractivity contribution in [2.45, 2.75) is 19.3 Å². The van der Waals surface area contributed by atoms with Crippen LogP contribution < -0.4 is 19.7 Å². The van der Waals surface area contributed by atoms with Crippen molar-refractivity contribution in [3.63, 3.8) is 0 Å². The summed E-state index contributed by atoms with van der Waals surface area (Å²) in [5, 5.41) is 9.60. The molecule has 35 heavy (non-hydrogen) atoms. The molecule has 2 aromatic heterocycles. The molecule has 0 fully saturated rings. The van der Waals surface area contributed by atoms with E-state index in [4.69, 9.17) is 14.5 Å². The molecule has 0 atom stereocenters. The van der Waals surface area contributed by atoms with Gasteiger partial charge in [-0.2, -0.15) is 5.10 Å². The molecule has 4 aromatic rings. The Balaban J connectivity index is 1.66. The van der Waals surface area contributed by atoms with E-state index in [0.29, 0.717) is 36.7 Å². The monoisotopic (exact) mass is 482 g/mol. The van der Waals surface area contributed by atoms with Gasteiger partial charge in [-0.3, -0.25) is 10.1 Å². The number of anilines is 2. The molecule has 0 unspecified atom stereocenters. The fourth-order valence-corrected chi connectivity index (χ4v) is 3.72. The Bertz CT molecular complexity index is 1240. The average Bonchev–Trinajstić information content (AvgIpc) is 3.39. The zero-order valence-electron chi connectivity index (χ0n) is 19.9. The predicted molar refractivity (Wildman–Crippen MR) is 132 cm³/mol. The summed E-state index contributed by atoms with van der Waals surface area (Å²) in [6.07, 6.45) is 5.81. The second kappa shape index (κ2) is 10.6.